The molecule has 0 radical (unpaired) electrons. The molecular weight excluding hydrogens is 468 g/mol. The predicted molar refractivity (Wildman–Crippen MR) is 162 cm³/mol. The van der Waals surface area contributed by atoms with Crippen LogP contribution in [0.3, 0.4) is 0 Å². The molecule has 0 saturated carbocycles. The molecule has 2 aromatic rings. The zero-order valence-corrected chi connectivity index (χ0v) is 24.2. The Hall–Kier alpha value is -2.55. The lowest BCUT2D eigenvalue weighted by Crippen LogP contribution is -2.00. The smallest absolute Gasteiger partial charge is 0.185 e. The van der Waals surface area contributed by atoms with E-state index >= 15 is 0 Å². The van der Waals surface area contributed by atoms with Gasteiger partial charge in [-0.05, 0) is 49.2 Å². The summed E-state index contributed by atoms with van der Waals surface area (Å²) in [5.41, 5.74) is 1.62. The van der Waals surface area contributed by atoms with E-state index in [1.54, 1.807) is 6.08 Å². The summed E-state index contributed by atoms with van der Waals surface area (Å²) >= 11 is 0. The highest BCUT2D eigenvalue weighted by Crippen LogP contribution is 2.18. The van der Waals surface area contributed by atoms with Gasteiger partial charge in [0.1, 0.15) is 11.5 Å². The van der Waals surface area contributed by atoms with Crippen LogP contribution in [0.2, 0.25) is 0 Å². The van der Waals surface area contributed by atoms with Crippen molar-refractivity contribution in [3.05, 3.63) is 65.7 Å². The number of unbranched alkanes of at least 4 members (excludes halogenated alkanes) is 15. The molecule has 38 heavy (non-hydrogen) atoms. The minimum absolute atomic E-state index is 0.0215. The number of carbonyl (C=O) groups excluding carboxylic acids is 1. The highest BCUT2D eigenvalue weighted by Gasteiger charge is 2.04. The van der Waals surface area contributed by atoms with Gasteiger partial charge in [0.25, 0.3) is 0 Å². The quantitative estimate of drug-likeness (QED) is 0.0830. The minimum atomic E-state index is -0.0215. The van der Waals surface area contributed by atoms with Crippen LogP contribution in [0.4, 0.5) is 0 Å². The molecule has 0 atom stereocenters. The highest BCUT2D eigenvalue weighted by molar-refractivity contribution is 6.07. The molecule has 0 saturated heterocycles. The van der Waals surface area contributed by atoms with Gasteiger partial charge in [-0.2, -0.15) is 0 Å². The van der Waals surface area contributed by atoms with Crippen molar-refractivity contribution in [1.29, 1.82) is 0 Å². The van der Waals surface area contributed by atoms with Crippen LogP contribution in [0.1, 0.15) is 133 Å². The van der Waals surface area contributed by atoms with Crippen molar-refractivity contribution in [2.75, 3.05) is 13.2 Å². The van der Waals surface area contributed by atoms with Gasteiger partial charge in [-0.1, -0.05) is 134 Å². The van der Waals surface area contributed by atoms with Gasteiger partial charge >= 0.3 is 0 Å². The van der Waals surface area contributed by atoms with E-state index in [4.69, 9.17) is 9.47 Å². The summed E-state index contributed by atoms with van der Waals surface area (Å²) in [7, 11) is 0. The van der Waals surface area contributed by atoms with E-state index in [0.29, 0.717) is 18.8 Å². The second kappa shape index (κ2) is 21.4. The molecule has 2 aromatic carbocycles. The molecule has 0 amide bonds. The number of carbonyl (C=O) groups is 1. The summed E-state index contributed by atoms with van der Waals surface area (Å²) in [6, 6.07) is 15.2. The van der Waals surface area contributed by atoms with E-state index in [1.807, 2.05) is 61.5 Å². The Labute approximate surface area is 233 Å². The van der Waals surface area contributed by atoms with Gasteiger partial charge in [0.05, 0.1) is 13.2 Å². The van der Waals surface area contributed by atoms with E-state index in [2.05, 4.69) is 6.92 Å². The molecular formula is C35H52O3. The van der Waals surface area contributed by atoms with Crippen LogP contribution in [0.15, 0.2) is 54.6 Å². The first-order chi connectivity index (χ1) is 18.7. The number of rotatable bonds is 23. The van der Waals surface area contributed by atoms with E-state index < -0.39 is 0 Å². The molecule has 3 heteroatoms. The average molecular weight is 521 g/mol. The number of allylic oxidation sites excluding steroid dienone is 1. The summed E-state index contributed by atoms with van der Waals surface area (Å²) in [6.45, 7) is 5.60. The monoisotopic (exact) mass is 520 g/mol. The second-order valence-corrected chi connectivity index (χ2v) is 10.4. The topological polar surface area (TPSA) is 35.5 Å². The molecule has 0 fully saturated rings. The molecule has 0 heterocycles. The highest BCUT2D eigenvalue weighted by atomic mass is 16.5. The van der Waals surface area contributed by atoms with Crippen LogP contribution in [0, 0.1) is 0 Å². The first-order valence-corrected chi connectivity index (χ1v) is 15.4. The number of ether oxygens (including phenoxy) is 2. The van der Waals surface area contributed by atoms with Crippen LogP contribution in [-0.4, -0.2) is 19.0 Å². The molecule has 0 aliphatic carbocycles. The maximum absolute atomic E-state index is 12.6. The largest absolute Gasteiger partial charge is 0.494 e. The third-order valence-electron chi connectivity index (χ3n) is 7.00. The lowest BCUT2D eigenvalue weighted by molar-refractivity contribution is 0.104. The summed E-state index contributed by atoms with van der Waals surface area (Å²) in [5, 5.41) is 0. The van der Waals surface area contributed by atoms with Crippen molar-refractivity contribution in [2.24, 2.45) is 0 Å². The summed E-state index contributed by atoms with van der Waals surface area (Å²) in [5.74, 6) is 1.59. The maximum atomic E-state index is 12.6. The molecule has 2 rings (SSSR count). The predicted octanol–water partition coefficient (Wildman–Crippen LogP) is 10.6. The third kappa shape index (κ3) is 15.0. The number of hydrogen-bond donors (Lipinski definition) is 0. The zero-order chi connectivity index (χ0) is 27.1. The van der Waals surface area contributed by atoms with Gasteiger partial charge in [0.15, 0.2) is 5.78 Å². The molecule has 0 N–H and O–H groups in total. The lowest BCUT2D eigenvalue weighted by atomic mass is 10.0. The lowest BCUT2D eigenvalue weighted by Gasteiger charge is -2.07. The first kappa shape index (κ1) is 31.7. The summed E-state index contributed by atoms with van der Waals surface area (Å²) < 4.78 is 11.4. The van der Waals surface area contributed by atoms with E-state index in [1.165, 1.54) is 96.3 Å². The Morgan fingerprint density at radius 3 is 1.74 bits per heavy atom. The van der Waals surface area contributed by atoms with Crippen molar-refractivity contribution in [3.63, 3.8) is 0 Å². The van der Waals surface area contributed by atoms with Crippen molar-refractivity contribution in [3.8, 4) is 11.5 Å². The van der Waals surface area contributed by atoms with E-state index in [-0.39, 0.29) is 5.78 Å². The molecule has 0 aliphatic heterocycles. The Balaban J connectivity index is 1.49. The molecule has 210 valence electrons. The Kier molecular flexibility index (Phi) is 17.8. The van der Waals surface area contributed by atoms with Crippen molar-refractivity contribution >= 4 is 11.9 Å². The first-order valence-electron chi connectivity index (χ1n) is 15.4. The molecule has 0 spiro atoms. The molecule has 0 bridgehead atoms. The SMILES string of the molecule is CCCCCCCCCCCCCCCCCCOc1cccc(C(=O)/C=C/c2ccc(OCC)cc2)c1. The third-order valence-corrected chi connectivity index (χ3v) is 7.00. The summed E-state index contributed by atoms with van der Waals surface area (Å²) in [6.07, 6.45) is 25.3. The number of hydrogen-bond acceptors (Lipinski definition) is 3. The fraction of sp³-hybridized carbons (Fsp3) is 0.571. The van der Waals surface area contributed by atoms with Crippen LogP contribution in [0.25, 0.3) is 6.08 Å². The van der Waals surface area contributed by atoms with E-state index in [9.17, 15) is 4.79 Å². The number of ketones is 1. The standard InChI is InChI=1S/C35H52O3/c1-3-5-6-7-8-9-10-11-12-13-14-15-16-17-18-19-29-38-34-22-20-21-32(30-34)35(36)28-25-31-23-26-33(27-24-31)37-4-2/h20-28,30H,3-19,29H2,1-2H3/b28-25+. The molecule has 0 aliphatic rings. The van der Waals surface area contributed by atoms with Gasteiger partial charge < -0.3 is 9.47 Å². The Bertz CT molecular complexity index is 884. The minimum Gasteiger partial charge on any atom is -0.494 e. The molecule has 3 nitrogen and oxygen atoms in total. The van der Waals surface area contributed by atoms with Crippen molar-refractivity contribution < 1.29 is 14.3 Å². The average Bonchev–Trinajstić information content (AvgIpc) is 2.94. The number of benzene rings is 2. The Morgan fingerprint density at radius 2 is 1.18 bits per heavy atom. The molecule has 0 unspecified atom stereocenters. The molecule has 0 aromatic heterocycles. The zero-order valence-electron chi connectivity index (χ0n) is 24.2. The van der Waals surface area contributed by atoms with Gasteiger partial charge in [0, 0.05) is 5.56 Å². The second-order valence-electron chi connectivity index (χ2n) is 10.4. The fourth-order valence-electron chi connectivity index (χ4n) is 4.69. The van der Waals surface area contributed by atoms with Crippen molar-refractivity contribution in [1.82, 2.24) is 0 Å². The fourth-order valence-corrected chi connectivity index (χ4v) is 4.69. The van der Waals surface area contributed by atoms with Gasteiger partial charge in [-0.25, -0.2) is 0 Å². The van der Waals surface area contributed by atoms with Crippen LogP contribution >= 0.6 is 0 Å². The Morgan fingerprint density at radius 1 is 0.632 bits per heavy atom. The van der Waals surface area contributed by atoms with Gasteiger partial charge in [0.2, 0.25) is 0 Å². The van der Waals surface area contributed by atoms with Gasteiger partial charge in [-0.15, -0.1) is 0 Å². The van der Waals surface area contributed by atoms with Gasteiger partial charge in [-0.3, -0.25) is 4.79 Å². The normalized spacial score (nSPS) is 11.2. The van der Waals surface area contributed by atoms with E-state index in [0.717, 1.165) is 23.5 Å². The van der Waals surface area contributed by atoms with Crippen LogP contribution < -0.4 is 9.47 Å². The van der Waals surface area contributed by atoms with Crippen LogP contribution in [0.5, 0.6) is 11.5 Å². The summed E-state index contributed by atoms with van der Waals surface area (Å²) in [4.78, 5) is 12.6. The maximum Gasteiger partial charge on any atom is 0.185 e. The van der Waals surface area contributed by atoms with Crippen LogP contribution in [-0.2, 0) is 0 Å². The van der Waals surface area contributed by atoms with Crippen molar-refractivity contribution in [2.45, 2.75) is 117 Å².